The van der Waals surface area contributed by atoms with Crippen LogP contribution in [-0.2, 0) is 0 Å². The molecule has 0 aromatic rings. The third kappa shape index (κ3) is 1.32. The third-order valence-electron chi connectivity index (χ3n) is 1.13. The summed E-state index contributed by atoms with van der Waals surface area (Å²) in [6.45, 7) is 0. The highest BCUT2D eigenvalue weighted by Crippen LogP contribution is 2.32. The second-order valence-corrected chi connectivity index (χ2v) is 4.82. The van der Waals surface area contributed by atoms with Crippen LogP contribution in [0.4, 0.5) is 0 Å². The lowest BCUT2D eigenvalue weighted by Crippen LogP contribution is -2.24. The molecule has 1 saturated heterocycles. The fourth-order valence-electron chi connectivity index (χ4n) is 0.521. The van der Waals surface area contributed by atoms with Gasteiger partial charge in [0.05, 0.1) is 5.50 Å². The summed E-state index contributed by atoms with van der Waals surface area (Å²) in [5.41, 5.74) is 0.212. The molecule has 8 heavy (non-hydrogen) atoms. The van der Waals surface area contributed by atoms with Crippen molar-refractivity contribution in [3.05, 3.63) is 0 Å². The molecule has 1 aliphatic heterocycles. The van der Waals surface area contributed by atoms with Gasteiger partial charge < -0.3 is 0 Å². The van der Waals surface area contributed by atoms with Gasteiger partial charge in [0.25, 0.3) is 0 Å². The summed E-state index contributed by atoms with van der Waals surface area (Å²) >= 11 is 11.1. The highest BCUT2D eigenvalue weighted by molar-refractivity contribution is 9.11. The Labute approximate surface area is 66.9 Å². The van der Waals surface area contributed by atoms with Crippen molar-refractivity contribution in [3.8, 4) is 0 Å². The van der Waals surface area contributed by atoms with E-state index in [1.165, 1.54) is 0 Å². The van der Waals surface area contributed by atoms with Crippen molar-refractivity contribution in [2.75, 3.05) is 12.8 Å². The monoisotopic (exact) mass is 215 g/mol. The summed E-state index contributed by atoms with van der Waals surface area (Å²) in [7, 11) is 2.01. The van der Waals surface area contributed by atoms with E-state index in [9.17, 15) is 0 Å². The maximum absolute atomic E-state index is 5.83. The Hall–Kier alpha value is 1.08. The molecular weight excluding hydrogens is 209 g/mol. The van der Waals surface area contributed by atoms with E-state index < -0.39 is 0 Å². The minimum Gasteiger partial charge on any atom is -0.269 e. The zero-order chi connectivity index (χ0) is 6.15. The fourth-order valence-corrected chi connectivity index (χ4v) is 2.73. The van der Waals surface area contributed by atoms with Crippen LogP contribution in [0, 0.1) is 0 Å². The molecule has 0 bridgehead atoms. The number of rotatable bonds is 0. The second kappa shape index (κ2) is 2.78. The molecule has 1 nitrogen and oxygen atoms in total. The first-order chi connectivity index (χ1) is 3.72. The van der Waals surface area contributed by atoms with Crippen LogP contribution >= 0.6 is 39.3 Å². The molecule has 0 spiro atoms. The topological polar surface area (TPSA) is 3.24 Å². The first-order valence-electron chi connectivity index (χ1n) is 2.33. The molecule has 4 heteroatoms. The summed E-state index contributed by atoms with van der Waals surface area (Å²) in [4.78, 5) is 2.09. The van der Waals surface area contributed by atoms with E-state index in [1.54, 1.807) is 0 Å². The van der Waals surface area contributed by atoms with E-state index in [0.717, 1.165) is 5.75 Å². The zero-order valence-corrected chi connectivity index (χ0v) is 7.63. The van der Waals surface area contributed by atoms with Crippen LogP contribution in [0.3, 0.4) is 0 Å². The molecule has 48 valence electrons. The Morgan fingerprint density at radius 2 is 2.50 bits per heavy atom. The van der Waals surface area contributed by atoms with Crippen LogP contribution in [0.25, 0.3) is 0 Å². The predicted octanol–water partition coefficient (Wildman–Crippen LogP) is 1.91. The molecule has 0 radical (unpaired) electrons. The predicted molar refractivity (Wildman–Crippen MR) is 42.6 cm³/mol. The number of hydrogen-bond donors (Lipinski definition) is 0. The molecule has 1 aliphatic rings. The maximum atomic E-state index is 5.83. The highest BCUT2D eigenvalue weighted by atomic mass is 79.9. The van der Waals surface area contributed by atoms with Gasteiger partial charge in [-0.2, -0.15) is 0 Å². The van der Waals surface area contributed by atoms with Crippen LogP contribution in [0.15, 0.2) is 0 Å². The molecular formula is C4H7BrClNS. The van der Waals surface area contributed by atoms with Crippen molar-refractivity contribution in [2.45, 2.75) is 9.78 Å². The molecule has 2 atom stereocenters. The molecule has 0 amide bonds. The van der Waals surface area contributed by atoms with Gasteiger partial charge in [0.1, 0.15) is 4.28 Å². The van der Waals surface area contributed by atoms with E-state index in [0.29, 0.717) is 4.28 Å². The minimum absolute atomic E-state index is 0.212. The summed E-state index contributed by atoms with van der Waals surface area (Å²) in [5.74, 6) is 1.02. The summed E-state index contributed by atoms with van der Waals surface area (Å²) < 4.78 is 0.421. The largest absolute Gasteiger partial charge is 0.269 e. The van der Waals surface area contributed by atoms with Crippen molar-refractivity contribution in [3.63, 3.8) is 0 Å². The Kier molecular flexibility index (Phi) is 2.49. The Morgan fingerprint density at radius 1 is 1.88 bits per heavy atom. The zero-order valence-electron chi connectivity index (χ0n) is 4.47. The van der Waals surface area contributed by atoms with E-state index in [4.69, 9.17) is 11.6 Å². The summed E-state index contributed by atoms with van der Waals surface area (Å²) in [5, 5.41) is 0. The fraction of sp³-hybridized carbons (Fsp3) is 1.00. The van der Waals surface area contributed by atoms with Crippen molar-refractivity contribution >= 4 is 39.3 Å². The van der Waals surface area contributed by atoms with Crippen LogP contribution in [0.5, 0.6) is 0 Å². The van der Waals surface area contributed by atoms with E-state index >= 15 is 0 Å². The average molecular weight is 217 g/mol. The Bertz CT molecular complexity index is 82.1. The van der Waals surface area contributed by atoms with Gasteiger partial charge in [-0.25, -0.2) is 0 Å². The van der Waals surface area contributed by atoms with Crippen molar-refractivity contribution in [1.82, 2.24) is 4.90 Å². The number of alkyl halides is 2. The van der Waals surface area contributed by atoms with Crippen molar-refractivity contribution < 1.29 is 0 Å². The maximum Gasteiger partial charge on any atom is 0.113 e. The van der Waals surface area contributed by atoms with Gasteiger partial charge in [-0.05, 0) is 7.05 Å². The van der Waals surface area contributed by atoms with Gasteiger partial charge in [-0.1, -0.05) is 15.9 Å². The quantitative estimate of drug-likeness (QED) is 0.450. The average Bonchev–Trinajstić information content (AvgIpc) is 1.98. The molecule has 0 aromatic heterocycles. The first-order valence-corrected chi connectivity index (χ1v) is 4.73. The van der Waals surface area contributed by atoms with Gasteiger partial charge in [-0.3, -0.25) is 4.90 Å². The molecule has 1 rings (SSSR count). The molecule has 1 heterocycles. The number of halogens is 2. The lowest BCUT2D eigenvalue weighted by molar-refractivity contribution is 0.387. The lowest BCUT2D eigenvalue weighted by atomic mass is 10.7. The van der Waals surface area contributed by atoms with E-state index in [-0.39, 0.29) is 5.50 Å². The molecule has 1 fully saturated rings. The molecule has 0 aliphatic carbocycles. The highest BCUT2D eigenvalue weighted by Gasteiger charge is 2.26. The molecule has 0 saturated carbocycles. The number of hydrogen-bond acceptors (Lipinski definition) is 2. The van der Waals surface area contributed by atoms with Gasteiger partial charge >= 0.3 is 0 Å². The standard InChI is InChI=1S/C4H7BrClNS/c1-7-3(6)2-8-4(7)5/h3-4H,2H2,1H3. The number of thioether (sulfide) groups is 1. The van der Waals surface area contributed by atoms with E-state index in [1.807, 2.05) is 18.8 Å². The lowest BCUT2D eigenvalue weighted by Gasteiger charge is -2.14. The Morgan fingerprint density at radius 3 is 2.62 bits per heavy atom. The van der Waals surface area contributed by atoms with Gasteiger partial charge in [0, 0.05) is 5.75 Å². The third-order valence-corrected chi connectivity index (χ3v) is 4.33. The number of nitrogens with zero attached hydrogens (tertiary/aromatic N) is 1. The first kappa shape index (κ1) is 7.19. The minimum atomic E-state index is 0.212. The van der Waals surface area contributed by atoms with E-state index in [2.05, 4.69) is 20.8 Å². The smallest absolute Gasteiger partial charge is 0.113 e. The van der Waals surface area contributed by atoms with Crippen LogP contribution in [0.2, 0.25) is 0 Å². The summed E-state index contributed by atoms with van der Waals surface area (Å²) in [6.07, 6.45) is 0. The molecule has 0 N–H and O–H groups in total. The normalized spacial score (nSPS) is 40.9. The molecule has 2 unspecified atom stereocenters. The Balaban J connectivity index is 2.44. The van der Waals surface area contributed by atoms with Crippen molar-refractivity contribution in [2.24, 2.45) is 0 Å². The SMILES string of the molecule is CN1C(Cl)CSC1Br. The van der Waals surface area contributed by atoms with Crippen LogP contribution in [-0.4, -0.2) is 27.5 Å². The second-order valence-electron chi connectivity index (χ2n) is 1.73. The van der Waals surface area contributed by atoms with Crippen LogP contribution in [0.1, 0.15) is 0 Å². The van der Waals surface area contributed by atoms with Crippen LogP contribution < -0.4 is 0 Å². The van der Waals surface area contributed by atoms with Crippen molar-refractivity contribution in [1.29, 1.82) is 0 Å². The van der Waals surface area contributed by atoms with Gasteiger partial charge in [0.2, 0.25) is 0 Å². The molecule has 0 aromatic carbocycles. The summed E-state index contributed by atoms with van der Waals surface area (Å²) in [6, 6.07) is 0. The van der Waals surface area contributed by atoms with Gasteiger partial charge in [0.15, 0.2) is 0 Å². The van der Waals surface area contributed by atoms with Gasteiger partial charge in [-0.15, -0.1) is 23.4 Å².